The molecule has 0 aliphatic carbocycles. The molecule has 110 valence electrons. The third-order valence-electron chi connectivity index (χ3n) is 3.39. The summed E-state index contributed by atoms with van der Waals surface area (Å²) in [6, 6.07) is 9.32. The summed E-state index contributed by atoms with van der Waals surface area (Å²) in [6.07, 6.45) is 0. The standard InChI is InChI=1S/C16H16FNO3/c1-16(2,15(20)21)9-18-14(19)12-7-8-13(17)11-6-4-3-5-10(11)12/h3-8H,9H2,1-2H3,(H,18,19)(H,20,21). The molecule has 0 heterocycles. The fourth-order valence-corrected chi connectivity index (χ4v) is 1.93. The first-order valence-corrected chi connectivity index (χ1v) is 6.52. The number of carboxylic acids is 1. The highest BCUT2D eigenvalue weighted by Crippen LogP contribution is 2.22. The van der Waals surface area contributed by atoms with Crippen molar-refractivity contribution in [2.45, 2.75) is 13.8 Å². The summed E-state index contributed by atoms with van der Waals surface area (Å²) >= 11 is 0. The van der Waals surface area contributed by atoms with E-state index in [2.05, 4.69) is 5.32 Å². The number of rotatable bonds is 4. The van der Waals surface area contributed by atoms with E-state index in [0.29, 0.717) is 16.3 Å². The van der Waals surface area contributed by atoms with E-state index in [1.54, 1.807) is 24.3 Å². The molecule has 5 heteroatoms. The number of carbonyl (C=O) groups is 2. The monoisotopic (exact) mass is 289 g/mol. The van der Waals surface area contributed by atoms with Gasteiger partial charge in [-0.1, -0.05) is 24.3 Å². The number of carboxylic acid groups (broad SMARTS) is 1. The highest BCUT2D eigenvalue weighted by Gasteiger charge is 2.28. The maximum Gasteiger partial charge on any atom is 0.310 e. The number of carbonyl (C=O) groups excluding carboxylic acids is 1. The van der Waals surface area contributed by atoms with E-state index in [-0.39, 0.29) is 6.54 Å². The van der Waals surface area contributed by atoms with Crippen LogP contribution in [-0.2, 0) is 4.79 Å². The Morgan fingerprint density at radius 2 is 1.76 bits per heavy atom. The fraction of sp³-hybridized carbons (Fsp3) is 0.250. The predicted molar refractivity (Wildman–Crippen MR) is 77.7 cm³/mol. The van der Waals surface area contributed by atoms with Crippen molar-refractivity contribution in [1.82, 2.24) is 5.32 Å². The van der Waals surface area contributed by atoms with Crippen LogP contribution < -0.4 is 5.32 Å². The van der Waals surface area contributed by atoms with Crippen molar-refractivity contribution in [2.75, 3.05) is 6.54 Å². The molecular formula is C16H16FNO3. The van der Waals surface area contributed by atoms with E-state index in [1.165, 1.54) is 26.0 Å². The third kappa shape index (κ3) is 3.02. The molecule has 0 atom stereocenters. The molecule has 0 radical (unpaired) electrons. The van der Waals surface area contributed by atoms with Gasteiger partial charge in [0.05, 0.1) is 5.41 Å². The molecule has 4 nitrogen and oxygen atoms in total. The number of hydrogen-bond donors (Lipinski definition) is 2. The Morgan fingerprint density at radius 3 is 2.38 bits per heavy atom. The molecule has 0 bridgehead atoms. The molecule has 0 aromatic heterocycles. The minimum Gasteiger partial charge on any atom is -0.481 e. The van der Waals surface area contributed by atoms with Gasteiger partial charge in [-0.15, -0.1) is 0 Å². The van der Waals surface area contributed by atoms with Crippen LogP contribution in [0.2, 0.25) is 0 Å². The van der Waals surface area contributed by atoms with Crippen LogP contribution in [0, 0.1) is 11.2 Å². The number of halogens is 1. The van der Waals surface area contributed by atoms with E-state index in [1.807, 2.05) is 0 Å². The quantitative estimate of drug-likeness (QED) is 0.909. The molecule has 1 amide bonds. The highest BCUT2D eigenvalue weighted by atomic mass is 19.1. The van der Waals surface area contributed by atoms with E-state index >= 15 is 0 Å². The zero-order valence-corrected chi connectivity index (χ0v) is 11.8. The van der Waals surface area contributed by atoms with Crippen LogP contribution in [-0.4, -0.2) is 23.5 Å². The zero-order chi connectivity index (χ0) is 15.6. The van der Waals surface area contributed by atoms with Gasteiger partial charge in [0.2, 0.25) is 0 Å². The van der Waals surface area contributed by atoms with Gasteiger partial charge < -0.3 is 10.4 Å². The van der Waals surface area contributed by atoms with Gasteiger partial charge in [-0.3, -0.25) is 9.59 Å². The Morgan fingerprint density at radius 1 is 1.14 bits per heavy atom. The number of benzene rings is 2. The summed E-state index contributed by atoms with van der Waals surface area (Å²) in [4.78, 5) is 23.2. The molecule has 0 fully saturated rings. The fourth-order valence-electron chi connectivity index (χ4n) is 1.93. The first kappa shape index (κ1) is 15.0. The van der Waals surface area contributed by atoms with Crippen LogP contribution >= 0.6 is 0 Å². The Labute approximate surface area is 121 Å². The molecule has 0 aliphatic heterocycles. The highest BCUT2D eigenvalue weighted by molar-refractivity contribution is 6.07. The van der Waals surface area contributed by atoms with Crippen molar-refractivity contribution in [3.8, 4) is 0 Å². The van der Waals surface area contributed by atoms with Crippen molar-refractivity contribution >= 4 is 22.6 Å². The Hall–Kier alpha value is -2.43. The lowest BCUT2D eigenvalue weighted by Gasteiger charge is -2.19. The van der Waals surface area contributed by atoms with E-state index < -0.39 is 23.1 Å². The number of amides is 1. The maximum absolute atomic E-state index is 13.7. The molecule has 0 aliphatic rings. The lowest BCUT2D eigenvalue weighted by Crippen LogP contribution is -2.38. The number of fused-ring (bicyclic) bond motifs is 1. The van der Waals surface area contributed by atoms with Gasteiger partial charge in [0.15, 0.2) is 0 Å². The molecule has 2 aromatic rings. The van der Waals surface area contributed by atoms with Gasteiger partial charge >= 0.3 is 5.97 Å². The molecule has 2 aromatic carbocycles. The van der Waals surface area contributed by atoms with Gasteiger partial charge in [-0.2, -0.15) is 0 Å². The number of hydrogen-bond acceptors (Lipinski definition) is 2. The van der Waals surface area contributed by atoms with Crippen LogP contribution in [0.4, 0.5) is 4.39 Å². The summed E-state index contributed by atoms with van der Waals surface area (Å²) in [7, 11) is 0. The summed E-state index contributed by atoms with van der Waals surface area (Å²) in [5.74, 6) is -1.81. The molecule has 0 spiro atoms. The molecule has 0 unspecified atom stereocenters. The third-order valence-corrected chi connectivity index (χ3v) is 3.39. The SMILES string of the molecule is CC(C)(CNC(=O)c1ccc(F)c2ccccc12)C(=O)O. The van der Waals surface area contributed by atoms with Crippen molar-refractivity contribution in [3.63, 3.8) is 0 Å². The summed E-state index contributed by atoms with van der Waals surface area (Å²) in [5, 5.41) is 12.5. The van der Waals surface area contributed by atoms with Gasteiger partial charge in [0, 0.05) is 17.5 Å². The van der Waals surface area contributed by atoms with Crippen molar-refractivity contribution in [2.24, 2.45) is 5.41 Å². The predicted octanol–water partition coefficient (Wildman–Crippen LogP) is 2.82. The Bertz CT molecular complexity index is 710. The van der Waals surface area contributed by atoms with Gasteiger partial charge in [0.1, 0.15) is 5.82 Å². The lowest BCUT2D eigenvalue weighted by atomic mass is 9.93. The van der Waals surface area contributed by atoms with E-state index in [0.717, 1.165) is 0 Å². The number of aliphatic carboxylic acids is 1. The van der Waals surface area contributed by atoms with Crippen LogP contribution in [0.25, 0.3) is 10.8 Å². The first-order chi connectivity index (χ1) is 9.83. The smallest absolute Gasteiger partial charge is 0.310 e. The van der Waals surface area contributed by atoms with Crippen LogP contribution in [0.15, 0.2) is 36.4 Å². The molecular weight excluding hydrogens is 273 g/mol. The van der Waals surface area contributed by atoms with E-state index in [9.17, 15) is 14.0 Å². The van der Waals surface area contributed by atoms with Crippen molar-refractivity contribution < 1.29 is 19.1 Å². The molecule has 2 rings (SSSR count). The molecule has 0 saturated heterocycles. The second-order valence-electron chi connectivity index (χ2n) is 5.51. The normalized spacial score (nSPS) is 11.4. The minimum absolute atomic E-state index is 0.00707. The summed E-state index contributed by atoms with van der Waals surface area (Å²) in [5.41, 5.74) is -0.737. The average Bonchev–Trinajstić information content (AvgIpc) is 2.45. The summed E-state index contributed by atoms with van der Waals surface area (Å²) < 4.78 is 13.7. The molecule has 0 saturated carbocycles. The molecule has 21 heavy (non-hydrogen) atoms. The average molecular weight is 289 g/mol. The van der Waals surface area contributed by atoms with Gasteiger partial charge in [0.25, 0.3) is 5.91 Å². The first-order valence-electron chi connectivity index (χ1n) is 6.52. The van der Waals surface area contributed by atoms with Crippen LogP contribution in [0.5, 0.6) is 0 Å². The zero-order valence-electron chi connectivity index (χ0n) is 11.8. The Kier molecular flexibility index (Phi) is 3.93. The van der Waals surface area contributed by atoms with Crippen LogP contribution in [0.3, 0.4) is 0 Å². The second-order valence-corrected chi connectivity index (χ2v) is 5.51. The number of nitrogens with one attached hydrogen (secondary N) is 1. The van der Waals surface area contributed by atoms with Gasteiger partial charge in [-0.05, 0) is 31.4 Å². The maximum atomic E-state index is 13.7. The molecule has 2 N–H and O–H groups in total. The lowest BCUT2D eigenvalue weighted by molar-refractivity contribution is -0.146. The van der Waals surface area contributed by atoms with Gasteiger partial charge in [-0.25, -0.2) is 4.39 Å². The largest absolute Gasteiger partial charge is 0.481 e. The van der Waals surface area contributed by atoms with Crippen molar-refractivity contribution in [1.29, 1.82) is 0 Å². The Balaban J connectivity index is 2.29. The minimum atomic E-state index is -1.06. The second kappa shape index (κ2) is 5.52. The van der Waals surface area contributed by atoms with E-state index in [4.69, 9.17) is 5.11 Å². The topological polar surface area (TPSA) is 66.4 Å². The van der Waals surface area contributed by atoms with Crippen LogP contribution in [0.1, 0.15) is 24.2 Å². The van der Waals surface area contributed by atoms with Crippen molar-refractivity contribution in [3.05, 3.63) is 47.8 Å². The summed E-state index contributed by atoms with van der Waals surface area (Å²) in [6.45, 7) is 3.05.